The molecule has 0 bridgehead atoms. The Balaban J connectivity index is 1.58. The van der Waals surface area contributed by atoms with Crippen LogP contribution in [0.5, 0.6) is 5.75 Å². The number of Topliss-reactive ketones (excluding diaryl/α,β-unsaturated/α-hetero) is 1. The highest BCUT2D eigenvalue weighted by Crippen LogP contribution is 2.42. The smallest absolute Gasteiger partial charge is 0.245 e. The Bertz CT molecular complexity index is 906. The maximum atomic E-state index is 12.8. The largest absolute Gasteiger partial charge is 0.488 e. The molecule has 4 rings (SSSR count). The Morgan fingerprint density at radius 3 is 2.81 bits per heavy atom. The summed E-state index contributed by atoms with van der Waals surface area (Å²) in [7, 11) is 0. The van der Waals surface area contributed by atoms with E-state index in [9.17, 15) is 14.9 Å². The van der Waals surface area contributed by atoms with Crippen LogP contribution in [-0.4, -0.2) is 17.7 Å². The summed E-state index contributed by atoms with van der Waals surface area (Å²) in [4.78, 5) is 26.6. The molecule has 1 fully saturated rings. The van der Waals surface area contributed by atoms with Gasteiger partial charge in [0.2, 0.25) is 5.91 Å². The minimum Gasteiger partial charge on any atom is -0.488 e. The number of carbonyl (C=O) groups is 2. The van der Waals surface area contributed by atoms with Crippen LogP contribution in [0.1, 0.15) is 40.9 Å². The number of thiophene rings is 1. The molecule has 26 heavy (non-hydrogen) atoms. The van der Waals surface area contributed by atoms with Gasteiger partial charge in [0.1, 0.15) is 12.4 Å². The predicted octanol–water partition coefficient (Wildman–Crippen LogP) is 3.69. The monoisotopic (exact) mass is 366 g/mol. The Labute approximate surface area is 155 Å². The SMILES string of the molecule is N#C[C@@H](C(=O)NC1CCCC1)C(=O)c1cc2c(s1)-c1ccccc1OC2. The molecular weight excluding hydrogens is 348 g/mol. The molecule has 1 saturated carbocycles. The number of amides is 1. The zero-order chi connectivity index (χ0) is 18.1. The van der Waals surface area contributed by atoms with Crippen molar-refractivity contribution in [3.8, 4) is 22.3 Å². The summed E-state index contributed by atoms with van der Waals surface area (Å²) < 4.78 is 5.72. The van der Waals surface area contributed by atoms with Crippen molar-refractivity contribution in [1.29, 1.82) is 5.26 Å². The number of para-hydroxylation sites is 1. The lowest BCUT2D eigenvalue weighted by Crippen LogP contribution is -2.39. The van der Waals surface area contributed by atoms with E-state index in [2.05, 4.69) is 5.32 Å². The molecular formula is C20H18N2O3S. The van der Waals surface area contributed by atoms with Crippen LogP contribution in [0.15, 0.2) is 30.3 Å². The van der Waals surface area contributed by atoms with Crippen LogP contribution >= 0.6 is 11.3 Å². The number of ketones is 1. The van der Waals surface area contributed by atoms with Crippen LogP contribution in [-0.2, 0) is 11.4 Å². The first-order chi connectivity index (χ1) is 12.7. The molecule has 0 unspecified atom stereocenters. The fraction of sp³-hybridized carbons (Fsp3) is 0.350. The van der Waals surface area contributed by atoms with E-state index in [1.807, 2.05) is 30.3 Å². The van der Waals surface area contributed by atoms with Gasteiger partial charge >= 0.3 is 0 Å². The molecule has 2 aliphatic rings. The van der Waals surface area contributed by atoms with E-state index in [0.29, 0.717) is 11.5 Å². The van der Waals surface area contributed by atoms with Gasteiger partial charge in [-0.15, -0.1) is 11.3 Å². The maximum Gasteiger partial charge on any atom is 0.245 e. The van der Waals surface area contributed by atoms with Gasteiger partial charge in [0.15, 0.2) is 11.7 Å². The Kier molecular flexibility index (Phi) is 4.48. The first kappa shape index (κ1) is 16.8. The van der Waals surface area contributed by atoms with E-state index in [4.69, 9.17) is 4.74 Å². The Morgan fingerprint density at radius 2 is 2.04 bits per heavy atom. The number of benzene rings is 1. The summed E-state index contributed by atoms with van der Waals surface area (Å²) in [5.74, 6) is -1.42. The number of nitriles is 1. The second-order valence-corrected chi connectivity index (χ2v) is 7.72. The summed E-state index contributed by atoms with van der Waals surface area (Å²) in [6.07, 6.45) is 3.99. The number of hydrogen-bond acceptors (Lipinski definition) is 5. The highest BCUT2D eigenvalue weighted by atomic mass is 32.1. The number of carbonyl (C=O) groups excluding carboxylic acids is 2. The molecule has 1 aliphatic carbocycles. The first-order valence-corrected chi connectivity index (χ1v) is 9.58. The number of nitrogens with zero attached hydrogens (tertiary/aromatic N) is 1. The van der Waals surface area contributed by atoms with Gasteiger partial charge in [-0.3, -0.25) is 9.59 Å². The van der Waals surface area contributed by atoms with E-state index in [1.54, 1.807) is 6.07 Å². The summed E-state index contributed by atoms with van der Waals surface area (Å²) in [6, 6.07) is 11.4. The van der Waals surface area contributed by atoms with Crippen molar-refractivity contribution in [2.75, 3.05) is 0 Å². The highest BCUT2D eigenvalue weighted by Gasteiger charge is 2.32. The van der Waals surface area contributed by atoms with E-state index in [-0.39, 0.29) is 6.04 Å². The fourth-order valence-electron chi connectivity index (χ4n) is 3.55. The van der Waals surface area contributed by atoms with Crippen LogP contribution in [0.4, 0.5) is 0 Å². The minimum absolute atomic E-state index is 0.0861. The molecule has 2 aromatic rings. The van der Waals surface area contributed by atoms with Crippen LogP contribution < -0.4 is 10.1 Å². The van der Waals surface area contributed by atoms with Crippen molar-refractivity contribution in [2.45, 2.75) is 38.3 Å². The van der Waals surface area contributed by atoms with Crippen molar-refractivity contribution < 1.29 is 14.3 Å². The summed E-state index contributed by atoms with van der Waals surface area (Å²) in [6.45, 7) is 0.390. The van der Waals surface area contributed by atoms with Gasteiger partial charge < -0.3 is 10.1 Å². The molecule has 1 N–H and O–H groups in total. The lowest BCUT2D eigenvalue weighted by molar-refractivity contribution is -0.122. The second-order valence-electron chi connectivity index (χ2n) is 6.67. The quantitative estimate of drug-likeness (QED) is 0.661. The van der Waals surface area contributed by atoms with Crippen LogP contribution in [0.2, 0.25) is 0 Å². The zero-order valence-corrected chi connectivity index (χ0v) is 15.0. The van der Waals surface area contributed by atoms with E-state index in [1.165, 1.54) is 11.3 Å². The Hall–Kier alpha value is -2.65. The van der Waals surface area contributed by atoms with E-state index < -0.39 is 17.6 Å². The molecule has 0 saturated heterocycles. The van der Waals surface area contributed by atoms with Gasteiger partial charge in [-0.1, -0.05) is 25.0 Å². The standard InChI is InChI=1S/C20H18N2O3S/c21-10-15(20(24)22-13-5-1-2-6-13)18(23)17-9-12-11-25-16-8-4-3-7-14(16)19(12)26-17/h3-4,7-9,13,15H,1-2,5-6,11H2,(H,22,24)/t15-/m1/s1. The number of fused-ring (bicyclic) bond motifs is 3. The fourth-order valence-corrected chi connectivity index (χ4v) is 4.72. The van der Waals surface area contributed by atoms with Crippen molar-refractivity contribution in [2.24, 2.45) is 5.92 Å². The summed E-state index contributed by atoms with van der Waals surface area (Å²) in [5.41, 5.74) is 1.87. The topological polar surface area (TPSA) is 79.2 Å². The predicted molar refractivity (Wildman–Crippen MR) is 97.9 cm³/mol. The molecule has 1 aromatic heterocycles. The molecule has 2 heterocycles. The molecule has 6 heteroatoms. The number of ether oxygens (including phenoxy) is 1. The van der Waals surface area contributed by atoms with Crippen molar-refractivity contribution >= 4 is 23.0 Å². The third kappa shape index (κ3) is 2.99. The number of rotatable bonds is 4. The van der Waals surface area contributed by atoms with E-state index in [0.717, 1.165) is 47.4 Å². The summed E-state index contributed by atoms with van der Waals surface area (Å²) >= 11 is 1.33. The maximum absolute atomic E-state index is 12.8. The van der Waals surface area contributed by atoms with Crippen LogP contribution in [0.25, 0.3) is 10.4 Å². The molecule has 0 spiro atoms. The van der Waals surface area contributed by atoms with Gasteiger partial charge in [0.05, 0.1) is 10.9 Å². The Morgan fingerprint density at radius 1 is 1.27 bits per heavy atom. The lowest BCUT2D eigenvalue weighted by Gasteiger charge is -2.16. The van der Waals surface area contributed by atoms with Crippen LogP contribution in [0, 0.1) is 17.2 Å². The van der Waals surface area contributed by atoms with Crippen molar-refractivity contribution in [3.05, 3.63) is 40.8 Å². The lowest BCUT2D eigenvalue weighted by atomic mass is 10.0. The van der Waals surface area contributed by atoms with Gasteiger partial charge in [-0.2, -0.15) is 5.26 Å². The minimum atomic E-state index is -1.30. The molecule has 0 radical (unpaired) electrons. The summed E-state index contributed by atoms with van der Waals surface area (Å²) in [5, 5.41) is 12.3. The van der Waals surface area contributed by atoms with Crippen molar-refractivity contribution in [1.82, 2.24) is 5.32 Å². The number of nitrogens with one attached hydrogen (secondary N) is 1. The van der Waals surface area contributed by atoms with Gasteiger partial charge in [-0.25, -0.2) is 0 Å². The normalized spacial score (nSPS) is 16.7. The molecule has 1 atom stereocenters. The third-order valence-electron chi connectivity index (χ3n) is 4.92. The van der Waals surface area contributed by atoms with Crippen LogP contribution in [0.3, 0.4) is 0 Å². The van der Waals surface area contributed by atoms with Gasteiger partial charge in [0.25, 0.3) is 0 Å². The highest BCUT2D eigenvalue weighted by molar-refractivity contribution is 7.17. The first-order valence-electron chi connectivity index (χ1n) is 8.76. The molecule has 1 aliphatic heterocycles. The second kappa shape index (κ2) is 6.93. The molecule has 132 valence electrons. The third-order valence-corrected chi connectivity index (χ3v) is 6.15. The zero-order valence-electron chi connectivity index (χ0n) is 14.2. The van der Waals surface area contributed by atoms with Crippen molar-refractivity contribution in [3.63, 3.8) is 0 Å². The molecule has 1 amide bonds. The average Bonchev–Trinajstić information content (AvgIpc) is 3.31. The van der Waals surface area contributed by atoms with Gasteiger partial charge in [0, 0.05) is 22.0 Å². The van der Waals surface area contributed by atoms with E-state index >= 15 is 0 Å². The molecule has 5 nitrogen and oxygen atoms in total. The molecule has 1 aromatic carbocycles. The number of hydrogen-bond donors (Lipinski definition) is 1. The average molecular weight is 366 g/mol. The van der Waals surface area contributed by atoms with Gasteiger partial charge in [-0.05, 0) is 31.0 Å².